The van der Waals surface area contributed by atoms with E-state index in [-0.39, 0.29) is 62.8 Å². The second-order valence-corrected chi connectivity index (χ2v) is 6.69. The van der Waals surface area contributed by atoms with E-state index in [0.717, 1.165) is 0 Å². The van der Waals surface area contributed by atoms with E-state index >= 15 is 0 Å². The largest absolute Gasteiger partial charge is 0.496 e. The molecule has 1 atom stereocenters. The van der Waals surface area contributed by atoms with Crippen LogP contribution in [0, 0.1) is 6.85 Å². The molecule has 0 amide bonds. The van der Waals surface area contributed by atoms with Crippen LogP contribution in [0.3, 0.4) is 0 Å². The zero-order valence-electron chi connectivity index (χ0n) is 20.7. The zero-order chi connectivity index (χ0) is 24.1. The molecule has 3 aromatic heterocycles. The highest BCUT2D eigenvalue weighted by Gasteiger charge is 2.15. The number of methoxy groups -OCH3 is 1. The van der Waals surface area contributed by atoms with Crippen LogP contribution in [0.2, 0.25) is 1.41 Å². The van der Waals surface area contributed by atoms with Crippen molar-refractivity contribution in [3.05, 3.63) is 66.2 Å². The highest BCUT2D eigenvalue weighted by atomic mass is 32.2. The van der Waals surface area contributed by atoms with Crippen molar-refractivity contribution in [1.82, 2.24) is 19.5 Å². The summed E-state index contributed by atoms with van der Waals surface area (Å²) in [6, 6.07) is 4.02. The normalized spacial score (nSPS) is 16.7. The van der Waals surface area contributed by atoms with Gasteiger partial charge in [-0.1, -0.05) is 0 Å². The molecule has 0 aliphatic rings. The topological polar surface area (TPSA) is 72.8 Å². The van der Waals surface area contributed by atoms with Gasteiger partial charge in [0.05, 0.1) is 44.5 Å². The molecule has 1 aromatic carbocycles. The summed E-state index contributed by atoms with van der Waals surface area (Å²) in [6.45, 7) is -2.57. The average molecular weight is 373 g/mol. The molecule has 26 heavy (non-hydrogen) atoms. The fourth-order valence-corrected chi connectivity index (χ4v) is 3.41. The molecule has 0 bridgehead atoms. The molecule has 0 fully saturated rings. The fourth-order valence-electron chi connectivity index (χ4n) is 2.43. The Morgan fingerprint density at radius 3 is 3.04 bits per heavy atom. The molecule has 0 spiro atoms. The lowest BCUT2D eigenvalue weighted by Gasteiger charge is -2.08. The molecule has 0 saturated heterocycles. The average Bonchev–Trinajstić information content (AvgIpc) is 3.39. The number of hydrogen-bond acceptors (Lipinski definition) is 4. The lowest BCUT2D eigenvalue weighted by molar-refractivity contribution is 0.410. The van der Waals surface area contributed by atoms with Crippen LogP contribution in [0.25, 0.3) is 16.7 Å². The Hall–Kier alpha value is -2.93. The molecule has 0 aliphatic heterocycles. The lowest BCUT2D eigenvalue weighted by atomic mass is 10.2. The van der Waals surface area contributed by atoms with Crippen molar-refractivity contribution in [1.29, 1.82) is 0 Å². The number of rotatable bonds is 5. The Kier molecular flexibility index (Phi) is 2.67. The number of aromatic amines is 1. The van der Waals surface area contributed by atoms with Gasteiger partial charge in [-0.25, -0.2) is 4.98 Å². The van der Waals surface area contributed by atoms with Gasteiger partial charge in [-0.3, -0.25) is 9.19 Å². The van der Waals surface area contributed by atoms with E-state index in [4.69, 9.17) is 14.4 Å². The zero-order valence-corrected chi connectivity index (χ0v) is 14.5. The molecule has 1 N–H and O–H groups in total. The molecular formula is C19H18N4O2S. The number of fused-ring (bicyclic) bond motifs is 1. The second kappa shape index (κ2) is 6.76. The third-order valence-corrected chi connectivity index (χ3v) is 4.85. The van der Waals surface area contributed by atoms with Crippen LogP contribution in [0.5, 0.6) is 5.75 Å². The highest BCUT2D eigenvalue weighted by molar-refractivity contribution is 7.84. The quantitative estimate of drug-likeness (QED) is 0.582. The van der Waals surface area contributed by atoms with Crippen molar-refractivity contribution >= 4 is 21.8 Å². The Morgan fingerprint density at radius 2 is 2.27 bits per heavy atom. The maximum atomic E-state index is 13.2. The van der Waals surface area contributed by atoms with Crippen molar-refractivity contribution < 1.29 is 18.6 Å². The third-order valence-electron chi connectivity index (χ3n) is 3.72. The van der Waals surface area contributed by atoms with E-state index in [0.29, 0.717) is 4.98 Å². The summed E-state index contributed by atoms with van der Waals surface area (Å²) in [7, 11) is -0.719. The van der Waals surface area contributed by atoms with Crippen molar-refractivity contribution in [3.8, 4) is 11.4 Å². The van der Waals surface area contributed by atoms with Gasteiger partial charge in [-0.05, 0) is 43.2 Å². The summed E-state index contributed by atoms with van der Waals surface area (Å²) in [4.78, 5) is 8.91. The second-order valence-electron chi connectivity index (χ2n) is 5.34. The summed E-state index contributed by atoms with van der Waals surface area (Å²) in [6.07, 6.45) is 4.58. The van der Waals surface area contributed by atoms with E-state index in [2.05, 4.69) is 9.97 Å². The first-order valence-electron chi connectivity index (χ1n) is 11.1. The Bertz CT molecular complexity index is 1380. The van der Waals surface area contributed by atoms with Gasteiger partial charge in [0, 0.05) is 34.0 Å². The summed E-state index contributed by atoms with van der Waals surface area (Å²) in [5, 5.41) is -0.280. The summed E-state index contributed by atoms with van der Waals surface area (Å²) >= 11 is 0. The molecule has 4 rings (SSSR count). The smallest absolute Gasteiger partial charge is 0.197 e. The van der Waals surface area contributed by atoms with E-state index < -0.39 is 17.7 Å². The van der Waals surface area contributed by atoms with Crippen LogP contribution >= 0.6 is 0 Å². The number of hydrogen-bond donors (Lipinski definition) is 1. The van der Waals surface area contributed by atoms with Crippen LogP contribution in [0.4, 0.5) is 0 Å². The Morgan fingerprint density at radius 1 is 1.42 bits per heavy atom. The Balaban J connectivity index is 1.84. The standard InChI is InChI=1S/C19H18N4O2S/c1-13-17(20-8-7-18(13)25-2)12-26(24)19-21-15-6-5-14(11-16(15)22-19)23-9-3-4-10-23/h3-11H,12H2,1-2H3,(H,21,22)/i1D3,5D,6D,11D/hD. The summed E-state index contributed by atoms with van der Waals surface area (Å²) in [5.41, 5.74) is -0.232. The Labute approximate surface area is 163 Å². The number of aromatic nitrogens is 4. The van der Waals surface area contributed by atoms with Crippen LogP contribution in [-0.4, -0.2) is 30.8 Å². The molecule has 3 heterocycles. The van der Waals surface area contributed by atoms with E-state index in [1.165, 1.54) is 23.9 Å². The molecule has 6 nitrogen and oxygen atoms in total. The molecule has 0 saturated carbocycles. The molecule has 4 aromatic rings. The number of pyridine rings is 1. The van der Waals surface area contributed by atoms with Gasteiger partial charge in [-0.15, -0.1) is 0 Å². The number of ether oxygens (including phenoxy) is 1. The van der Waals surface area contributed by atoms with Gasteiger partial charge in [-0.2, -0.15) is 0 Å². The van der Waals surface area contributed by atoms with Gasteiger partial charge < -0.3 is 14.3 Å². The maximum absolute atomic E-state index is 13.2. The van der Waals surface area contributed by atoms with Gasteiger partial charge in [0.2, 0.25) is 0 Å². The number of benzene rings is 1. The predicted molar refractivity (Wildman–Crippen MR) is 101 cm³/mol. The van der Waals surface area contributed by atoms with E-state index in [1.54, 1.807) is 24.5 Å². The minimum absolute atomic E-state index is 0.00569. The molecule has 132 valence electrons. The molecule has 0 radical (unpaired) electrons. The minimum Gasteiger partial charge on any atom is -0.496 e. The number of nitrogens with one attached hydrogen (secondary N) is 1. The summed E-state index contributed by atoms with van der Waals surface area (Å²) < 4.78 is 76.7. The number of nitrogens with zero attached hydrogens (tertiary/aromatic N) is 3. The fraction of sp³-hybridized carbons (Fsp3) is 0.158. The van der Waals surface area contributed by atoms with Crippen molar-refractivity contribution in [2.75, 3.05) is 7.11 Å². The van der Waals surface area contributed by atoms with Gasteiger partial charge >= 0.3 is 0 Å². The third kappa shape index (κ3) is 3.01. The van der Waals surface area contributed by atoms with Crippen molar-refractivity contribution in [3.63, 3.8) is 0 Å². The van der Waals surface area contributed by atoms with Crippen LogP contribution in [-0.2, 0) is 16.6 Å². The van der Waals surface area contributed by atoms with Crippen LogP contribution in [0.1, 0.15) is 19.5 Å². The SMILES string of the molecule is [2H]c1c(-n2cccc2)c([2H])c2nc(S(=O)Cc3nccc(OC)c3C([2H])([2H])[2H])n([2H])c2c1[2H]. The molecule has 7 heteroatoms. The van der Waals surface area contributed by atoms with Crippen molar-refractivity contribution in [2.24, 2.45) is 0 Å². The first-order chi connectivity index (χ1) is 15.6. The van der Waals surface area contributed by atoms with Gasteiger partial charge in [0.25, 0.3) is 0 Å². The molecular weight excluding hydrogens is 348 g/mol. The predicted octanol–water partition coefficient (Wildman–Crippen LogP) is 3.37. The lowest BCUT2D eigenvalue weighted by Crippen LogP contribution is -2.03. The van der Waals surface area contributed by atoms with Crippen LogP contribution < -0.4 is 4.74 Å². The molecule has 0 aliphatic carbocycles. The molecule has 1 unspecified atom stereocenters. The monoisotopic (exact) mass is 373 g/mol. The van der Waals surface area contributed by atoms with E-state index in [1.807, 2.05) is 0 Å². The van der Waals surface area contributed by atoms with Gasteiger partial charge in [0.15, 0.2) is 6.57 Å². The summed E-state index contributed by atoms with van der Waals surface area (Å²) in [5.74, 6) is -0.292. The van der Waals surface area contributed by atoms with Crippen molar-refractivity contribution in [2.45, 2.75) is 17.8 Å². The van der Waals surface area contributed by atoms with Gasteiger partial charge in [0.1, 0.15) is 5.75 Å². The minimum atomic E-state index is -2.57. The van der Waals surface area contributed by atoms with Crippen LogP contribution in [0.15, 0.2) is 60.1 Å². The number of imidazole rings is 1. The van der Waals surface area contributed by atoms with E-state index in [9.17, 15) is 4.21 Å². The number of H-pyrrole nitrogens is 1. The highest BCUT2D eigenvalue weighted by Crippen LogP contribution is 2.22. The first kappa shape index (κ1) is 10.3. The maximum Gasteiger partial charge on any atom is 0.197 e. The first-order valence-corrected chi connectivity index (χ1v) is 8.93.